The molecule has 0 bridgehead atoms. The monoisotopic (exact) mass is 661 g/mol. The van der Waals surface area contributed by atoms with E-state index in [1.165, 1.54) is 6.92 Å². The second kappa shape index (κ2) is 13.3. The lowest BCUT2D eigenvalue weighted by molar-refractivity contribution is -0.134. The lowest BCUT2D eigenvalue weighted by Gasteiger charge is -2.27. The number of imide groups is 2. The highest BCUT2D eigenvalue weighted by Crippen LogP contribution is 2.31. The van der Waals surface area contributed by atoms with E-state index in [2.05, 4.69) is 15.9 Å². The zero-order chi connectivity index (χ0) is 32.3. The molecule has 0 aromatic heterocycles. The number of nitrogens with zero attached hydrogens (tertiary/aromatic N) is 3. The molecule has 44 heavy (non-hydrogen) atoms. The summed E-state index contributed by atoms with van der Waals surface area (Å²) in [4.78, 5) is 98.0. The highest BCUT2D eigenvalue weighted by Gasteiger charge is 2.45. The summed E-state index contributed by atoms with van der Waals surface area (Å²) >= 11 is 3.31. The summed E-state index contributed by atoms with van der Waals surface area (Å²) in [7, 11) is 0. The van der Waals surface area contributed by atoms with Gasteiger partial charge in [-0.15, -0.1) is 0 Å². The van der Waals surface area contributed by atoms with Gasteiger partial charge in [0, 0.05) is 25.1 Å². The highest BCUT2D eigenvalue weighted by molar-refractivity contribution is 9.08. The first-order chi connectivity index (χ1) is 20.9. The van der Waals surface area contributed by atoms with Gasteiger partial charge in [-0.25, -0.2) is 0 Å². The third-order valence-corrected chi connectivity index (χ3v) is 8.36. The number of Topliss-reactive ketones (excluding diaryl/α,β-unsaturated/α-hetero) is 4. The molecule has 6 rings (SSSR count). The summed E-state index contributed by atoms with van der Waals surface area (Å²) in [6.07, 6.45) is 0.567. The number of rotatable bonds is 3. The van der Waals surface area contributed by atoms with Crippen LogP contribution in [-0.4, -0.2) is 68.6 Å². The number of nitriles is 1. The molecule has 0 spiro atoms. The van der Waals surface area contributed by atoms with Crippen molar-refractivity contribution in [3.05, 3.63) is 69.8 Å². The first kappa shape index (κ1) is 32.3. The van der Waals surface area contributed by atoms with Crippen molar-refractivity contribution in [3.63, 3.8) is 0 Å². The van der Waals surface area contributed by atoms with Crippen molar-refractivity contribution < 1.29 is 38.4 Å². The molecule has 0 radical (unpaired) electrons. The number of benzene rings is 2. The van der Waals surface area contributed by atoms with Gasteiger partial charge in [0.25, 0.3) is 23.6 Å². The molecule has 12 heteroatoms. The fraction of sp³-hybridized carbons (Fsp3) is 0.344. The van der Waals surface area contributed by atoms with E-state index in [0.29, 0.717) is 27.6 Å². The molecule has 11 nitrogen and oxygen atoms in total. The molecule has 4 amide bonds. The average molecular weight is 662 g/mol. The van der Waals surface area contributed by atoms with E-state index in [0.717, 1.165) is 20.9 Å². The molecule has 2 aliphatic carbocycles. The Balaban J connectivity index is 0.000000185. The number of halogens is 1. The van der Waals surface area contributed by atoms with Gasteiger partial charge in [-0.3, -0.25) is 48.2 Å². The van der Waals surface area contributed by atoms with E-state index in [-0.39, 0.29) is 61.7 Å². The Morgan fingerprint density at radius 2 is 1.11 bits per heavy atom. The number of carbonyl (C=O) groups is 8. The van der Waals surface area contributed by atoms with Gasteiger partial charge in [-0.2, -0.15) is 5.26 Å². The number of aryl methyl sites for hydroxylation is 1. The van der Waals surface area contributed by atoms with Gasteiger partial charge in [0.05, 0.1) is 53.2 Å². The van der Waals surface area contributed by atoms with Crippen molar-refractivity contribution in [3.8, 4) is 6.07 Å². The number of hydrogen-bond acceptors (Lipinski definition) is 9. The number of alkyl halides is 1. The number of fused-ring (bicyclic) bond motifs is 2. The lowest BCUT2D eigenvalue weighted by Crippen LogP contribution is -2.47. The van der Waals surface area contributed by atoms with E-state index >= 15 is 0 Å². The summed E-state index contributed by atoms with van der Waals surface area (Å²) in [6, 6.07) is 10.3. The molecule has 0 saturated heterocycles. The summed E-state index contributed by atoms with van der Waals surface area (Å²) < 4.78 is 0. The first-order valence-electron chi connectivity index (χ1n) is 13.9. The highest BCUT2D eigenvalue weighted by atomic mass is 79.9. The second-order valence-electron chi connectivity index (χ2n) is 10.7. The van der Waals surface area contributed by atoms with Crippen LogP contribution >= 0.6 is 15.9 Å². The van der Waals surface area contributed by atoms with Gasteiger partial charge in [-0.05, 0) is 49.6 Å². The molecular formula is C32H28BrN3O8. The summed E-state index contributed by atoms with van der Waals surface area (Å²) in [5, 5.41) is 7.90. The summed E-state index contributed by atoms with van der Waals surface area (Å²) in [6.45, 7) is 3.27. The van der Waals surface area contributed by atoms with Crippen LogP contribution in [0.15, 0.2) is 36.4 Å². The Morgan fingerprint density at radius 3 is 1.55 bits per heavy atom. The Kier molecular flexibility index (Phi) is 9.79. The zero-order valence-corrected chi connectivity index (χ0v) is 25.6. The molecule has 4 aliphatic rings. The maximum atomic E-state index is 12.5. The molecule has 2 aliphatic heterocycles. The normalized spacial score (nSPS) is 20.9. The molecule has 2 heterocycles. The molecule has 2 saturated carbocycles. The van der Waals surface area contributed by atoms with Crippen LogP contribution < -0.4 is 0 Å². The molecule has 2 fully saturated rings. The van der Waals surface area contributed by atoms with Crippen molar-refractivity contribution in [2.24, 2.45) is 0 Å². The Morgan fingerprint density at radius 1 is 0.705 bits per heavy atom. The maximum Gasteiger partial charge on any atom is 0.262 e. The van der Waals surface area contributed by atoms with Gasteiger partial charge in [0.2, 0.25) is 0 Å². The maximum absolute atomic E-state index is 12.5. The van der Waals surface area contributed by atoms with Crippen LogP contribution in [0.5, 0.6) is 0 Å². The Bertz CT molecular complexity index is 1670. The predicted octanol–water partition coefficient (Wildman–Crippen LogP) is 3.68. The van der Waals surface area contributed by atoms with Crippen molar-refractivity contribution in [2.75, 3.05) is 0 Å². The summed E-state index contributed by atoms with van der Waals surface area (Å²) in [5.41, 5.74) is 3.12. The third-order valence-electron chi connectivity index (χ3n) is 7.71. The minimum Gasteiger partial charge on any atom is -0.299 e. The molecule has 0 N–H and O–H groups in total. The topological polar surface area (TPSA) is 167 Å². The quantitative estimate of drug-likeness (QED) is 0.271. The largest absolute Gasteiger partial charge is 0.299 e. The van der Waals surface area contributed by atoms with Gasteiger partial charge in [0.15, 0.2) is 11.6 Å². The predicted molar refractivity (Wildman–Crippen MR) is 158 cm³/mol. The number of ketones is 4. The Labute approximate surface area is 261 Å². The van der Waals surface area contributed by atoms with Gasteiger partial charge < -0.3 is 0 Å². The minimum atomic E-state index is -0.803. The second-order valence-corrected chi connectivity index (χ2v) is 11.3. The fourth-order valence-electron chi connectivity index (χ4n) is 5.59. The van der Waals surface area contributed by atoms with Gasteiger partial charge in [0.1, 0.15) is 11.6 Å². The van der Waals surface area contributed by atoms with E-state index in [1.54, 1.807) is 42.5 Å². The third kappa shape index (κ3) is 6.19. The standard InChI is InChI=1S/C15H12BrNO4.C15H13NO4.C2H3N/c16-7-8-1-3-10-11(5-8)15(21)17(14(10)20)12-4-2-9(18)6-13(12)19;1-8-2-4-10-11(6-8)15(20)16(14(10)19)12-5-3-9(17)7-13(12)18;1-2-3/h1,3,5,12H,2,4,6-7H2;2,4,6,12H,3,5,7H2,1H3;1H3. The van der Waals surface area contributed by atoms with Crippen molar-refractivity contribution in [2.45, 2.75) is 69.8 Å². The van der Waals surface area contributed by atoms with Gasteiger partial charge in [-0.1, -0.05) is 33.6 Å². The molecule has 2 unspecified atom stereocenters. The van der Waals surface area contributed by atoms with Crippen LogP contribution in [0.4, 0.5) is 0 Å². The molecule has 2 atom stereocenters. The number of hydrogen-bond donors (Lipinski definition) is 0. The average Bonchev–Trinajstić information content (AvgIpc) is 3.37. The van der Waals surface area contributed by atoms with Crippen LogP contribution in [0.25, 0.3) is 0 Å². The van der Waals surface area contributed by atoms with Crippen LogP contribution in [0.2, 0.25) is 0 Å². The van der Waals surface area contributed by atoms with E-state index in [4.69, 9.17) is 5.26 Å². The zero-order valence-electron chi connectivity index (χ0n) is 24.1. The van der Waals surface area contributed by atoms with Crippen LogP contribution in [-0.2, 0) is 24.5 Å². The van der Waals surface area contributed by atoms with Crippen LogP contribution in [0.1, 0.15) is 98.0 Å². The smallest absolute Gasteiger partial charge is 0.262 e. The first-order valence-corrected chi connectivity index (χ1v) is 15.0. The molecular weight excluding hydrogens is 634 g/mol. The van der Waals surface area contributed by atoms with E-state index < -0.39 is 35.7 Å². The molecule has 2 aromatic carbocycles. The van der Waals surface area contributed by atoms with Crippen molar-refractivity contribution >= 4 is 62.7 Å². The number of carbonyl (C=O) groups excluding carboxylic acids is 8. The fourth-order valence-corrected chi connectivity index (χ4v) is 5.94. The SMILES string of the molecule is CC#N.Cc1ccc2c(c1)C(=O)N(C1CCC(=O)CC1=O)C2=O.O=C1CCC(N2C(=O)c3ccc(CBr)cc3C2=O)C(=O)C1. The van der Waals surface area contributed by atoms with Crippen LogP contribution in [0, 0.1) is 18.3 Å². The van der Waals surface area contributed by atoms with Crippen LogP contribution in [0.3, 0.4) is 0 Å². The van der Waals surface area contributed by atoms with Gasteiger partial charge >= 0.3 is 0 Å². The van der Waals surface area contributed by atoms with E-state index in [1.807, 2.05) is 6.92 Å². The van der Waals surface area contributed by atoms with E-state index in [9.17, 15) is 38.4 Å². The number of amides is 4. The minimum absolute atomic E-state index is 0.126. The molecule has 226 valence electrons. The Hall–Kier alpha value is -4.63. The summed E-state index contributed by atoms with van der Waals surface area (Å²) in [5.74, 6) is -2.68. The van der Waals surface area contributed by atoms with Crippen molar-refractivity contribution in [1.82, 2.24) is 9.80 Å². The van der Waals surface area contributed by atoms with Crippen molar-refractivity contribution in [1.29, 1.82) is 5.26 Å². The molecule has 2 aromatic rings. The lowest BCUT2D eigenvalue weighted by atomic mass is 9.92.